The number of hydrogen-bond acceptors (Lipinski definition) is 3. The highest BCUT2D eigenvalue weighted by molar-refractivity contribution is 5.90. The minimum atomic E-state index is 0.370. The Balaban J connectivity index is 2.85. The van der Waals surface area contributed by atoms with Crippen molar-refractivity contribution in [2.24, 2.45) is 0 Å². The summed E-state index contributed by atoms with van der Waals surface area (Å²) >= 11 is 0. The van der Waals surface area contributed by atoms with E-state index in [9.17, 15) is 0 Å². The maximum absolute atomic E-state index is 6.90. The third-order valence-electron chi connectivity index (χ3n) is 1.94. The molecule has 0 unspecified atom stereocenters. The number of rotatable bonds is 0. The summed E-state index contributed by atoms with van der Waals surface area (Å²) in [5.41, 5.74) is 7.58. The van der Waals surface area contributed by atoms with Gasteiger partial charge in [0.15, 0.2) is 17.1 Å². The first-order chi connectivity index (χ1) is 6.22. The van der Waals surface area contributed by atoms with Gasteiger partial charge in [-0.3, -0.25) is 0 Å². The lowest BCUT2D eigenvalue weighted by atomic mass is 10.1. The van der Waals surface area contributed by atoms with E-state index >= 15 is 0 Å². The zero-order valence-electron chi connectivity index (χ0n) is 7.03. The van der Waals surface area contributed by atoms with Crippen LogP contribution in [-0.2, 0) is 0 Å². The molecular formula is C9H7N3O. The average molecular weight is 173 g/mol. The second kappa shape index (κ2) is 2.49. The molecule has 1 aromatic heterocycles. The topological polar surface area (TPSA) is 56.4 Å². The summed E-state index contributed by atoms with van der Waals surface area (Å²) in [6, 6.07) is 3.47. The molecule has 0 saturated carbocycles. The van der Waals surface area contributed by atoms with Crippen LogP contribution < -0.4 is 5.73 Å². The van der Waals surface area contributed by atoms with Crippen molar-refractivity contribution in [3.05, 3.63) is 29.1 Å². The van der Waals surface area contributed by atoms with Crippen molar-refractivity contribution in [1.82, 2.24) is 5.16 Å². The summed E-state index contributed by atoms with van der Waals surface area (Å²) < 4.78 is 4.93. The Hall–Kier alpha value is -2.02. The van der Waals surface area contributed by atoms with Crippen LogP contribution >= 0.6 is 0 Å². The van der Waals surface area contributed by atoms with Crippen molar-refractivity contribution in [3.63, 3.8) is 0 Å². The van der Waals surface area contributed by atoms with Crippen molar-refractivity contribution < 1.29 is 4.52 Å². The van der Waals surface area contributed by atoms with Crippen molar-refractivity contribution in [2.75, 3.05) is 5.73 Å². The van der Waals surface area contributed by atoms with E-state index in [-0.39, 0.29) is 0 Å². The van der Waals surface area contributed by atoms with Crippen LogP contribution in [0.2, 0.25) is 0 Å². The minimum Gasteiger partial charge on any atom is -0.380 e. The van der Waals surface area contributed by atoms with Gasteiger partial charge < -0.3 is 10.3 Å². The van der Waals surface area contributed by atoms with Gasteiger partial charge in [0.2, 0.25) is 0 Å². The first-order valence-corrected chi connectivity index (χ1v) is 3.75. The highest BCUT2D eigenvalue weighted by Crippen LogP contribution is 2.28. The van der Waals surface area contributed by atoms with Gasteiger partial charge in [-0.1, -0.05) is 11.2 Å². The monoisotopic (exact) mass is 173 g/mol. The Morgan fingerprint density at radius 1 is 1.54 bits per heavy atom. The SMILES string of the molecule is [C-]#[N+]c1cc2onc(N)c2cc1C. The summed E-state index contributed by atoms with van der Waals surface area (Å²) in [4.78, 5) is 3.35. The van der Waals surface area contributed by atoms with E-state index < -0.39 is 0 Å². The lowest BCUT2D eigenvalue weighted by Crippen LogP contribution is -1.83. The highest BCUT2D eigenvalue weighted by atomic mass is 16.5. The standard InChI is InChI=1S/C9H7N3O/c1-5-3-6-8(4-7(5)11-2)13-12-9(6)10/h3-4H,1H3,(H2,10,12). The Labute approximate surface area is 74.8 Å². The van der Waals surface area contributed by atoms with Crippen LogP contribution in [0.1, 0.15) is 5.56 Å². The molecule has 0 bridgehead atoms. The van der Waals surface area contributed by atoms with Crippen LogP contribution in [0.3, 0.4) is 0 Å². The number of nitrogens with zero attached hydrogens (tertiary/aromatic N) is 2. The molecule has 2 N–H and O–H groups in total. The lowest BCUT2D eigenvalue weighted by molar-refractivity contribution is 0.460. The van der Waals surface area contributed by atoms with Crippen molar-refractivity contribution >= 4 is 22.5 Å². The van der Waals surface area contributed by atoms with Gasteiger partial charge in [-0.25, -0.2) is 4.85 Å². The van der Waals surface area contributed by atoms with Crippen LogP contribution in [0.4, 0.5) is 11.5 Å². The number of fused-ring (bicyclic) bond motifs is 1. The second-order valence-corrected chi connectivity index (χ2v) is 2.81. The third kappa shape index (κ3) is 1.02. The molecule has 4 nitrogen and oxygen atoms in total. The molecule has 0 saturated heterocycles. The van der Waals surface area contributed by atoms with Crippen molar-refractivity contribution in [1.29, 1.82) is 0 Å². The maximum Gasteiger partial charge on any atom is 0.193 e. The molecule has 0 amide bonds. The first kappa shape index (κ1) is 7.62. The van der Waals surface area contributed by atoms with Gasteiger partial charge in [-0.2, -0.15) is 0 Å². The van der Waals surface area contributed by atoms with Crippen molar-refractivity contribution in [3.8, 4) is 0 Å². The Morgan fingerprint density at radius 2 is 2.31 bits per heavy atom. The Kier molecular flexibility index (Phi) is 1.46. The summed E-state index contributed by atoms with van der Waals surface area (Å²) in [5.74, 6) is 0.370. The Morgan fingerprint density at radius 3 is 3.00 bits per heavy atom. The number of nitrogens with two attached hydrogens (primary N) is 1. The molecule has 13 heavy (non-hydrogen) atoms. The van der Waals surface area contributed by atoms with Gasteiger partial charge in [0.25, 0.3) is 0 Å². The minimum absolute atomic E-state index is 0.370. The lowest BCUT2D eigenvalue weighted by Gasteiger charge is -1.95. The number of nitrogen functional groups attached to an aromatic ring is 1. The van der Waals surface area contributed by atoms with E-state index in [0.717, 1.165) is 10.9 Å². The van der Waals surface area contributed by atoms with Crippen LogP contribution in [0.25, 0.3) is 15.8 Å². The van der Waals surface area contributed by atoms with E-state index in [2.05, 4.69) is 10.0 Å². The predicted molar refractivity (Wildman–Crippen MR) is 49.4 cm³/mol. The number of aromatic nitrogens is 1. The van der Waals surface area contributed by atoms with Crippen LogP contribution in [0, 0.1) is 13.5 Å². The van der Waals surface area contributed by atoms with E-state index in [4.69, 9.17) is 16.8 Å². The molecule has 0 aliphatic heterocycles. The fraction of sp³-hybridized carbons (Fsp3) is 0.111. The van der Waals surface area contributed by atoms with Crippen LogP contribution in [0.15, 0.2) is 16.7 Å². The zero-order valence-corrected chi connectivity index (χ0v) is 7.03. The molecule has 0 radical (unpaired) electrons. The smallest absolute Gasteiger partial charge is 0.193 e. The van der Waals surface area contributed by atoms with E-state index in [1.807, 2.05) is 13.0 Å². The number of benzene rings is 1. The largest absolute Gasteiger partial charge is 0.380 e. The van der Waals surface area contributed by atoms with Crippen LogP contribution in [0.5, 0.6) is 0 Å². The average Bonchev–Trinajstić information content (AvgIpc) is 2.47. The molecule has 1 aromatic carbocycles. The van der Waals surface area contributed by atoms with Gasteiger partial charge in [0.05, 0.1) is 12.0 Å². The Bertz CT molecular complexity index is 507. The fourth-order valence-electron chi connectivity index (χ4n) is 1.22. The molecule has 0 fully saturated rings. The van der Waals surface area contributed by atoms with E-state index in [1.54, 1.807) is 6.07 Å². The van der Waals surface area contributed by atoms with Crippen LogP contribution in [-0.4, -0.2) is 5.16 Å². The van der Waals surface area contributed by atoms with Crippen molar-refractivity contribution in [2.45, 2.75) is 6.92 Å². The second-order valence-electron chi connectivity index (χ2n) is 2.81. The van der Waals surface area contributed by atoms with E-state index in [0.29, 0.717) is 17.1 Å². The predicted octanol–water partition coefficient (Wildman–Crippen LogP) is 2.27. The fourth-order valence-corrected chi connectivity index (χ4v) is 1.22. The molecule has 2 rings (SSSR count). The molecule has 4 heteroatoms. The van der Waals surface area contributed by atoms with Gasteiger partial charge >= 0.3 is 0 Å². The highest BCUT2D eigenvalue weighted by Gasteiger charge is 2.07. The van der Waals surface area contributed by atoms with Gasteiger partial charge in [0.1, 0.15) is 0 Å². The third-order valence-corrected chi connectivity index (χ3v) is 1.94. The summed E-state index contributed by atoms with van der Waals surface area (Å²) in [7, 11) is 0. The molecule has 0 atom stereocenters. The zero-order chi connectivity index (χ0) is 9.42. The van der Waals surface area contributed by atoms with Gasteiger partial charge in [-0.15, -0.1) is 0 Å². The molecule has 0 aliphatic rings. The molecule has 64 valence electrons. The van der Waals surface area contributed by atoms with Gasteiger partial charge in [-0.05, 0) is 18.6 Å². The molecule has 2 aromatic rings. The normalized spacial score (nSPS) is 10.2. The van der Waals surface area contributed by atoms with E-state index in [1.165, 1.54) is 0 Å². The summed E-state index contributed by atoms with van der Waals surface area (Å²) in [6.45, 7) is 8.76. The number of anilines is 1. The summed E-state index contributed by atoms with van der Waals surface area (Å²) in [6.07, 6.45) is 0. The summed E-state index contributed by atoms with van der Waals surface area (Å²) in [5, 5.41) is 4.38. The maximum atomic E-state index is 6.90. The number of hydrogen-bond donors (Lipinski definition) is 1. The van der Waals surface area contributed by atoms with Gasteiger partial charge in [0, 0.05) is 0 Å². The molecule has 1 heterocycles. The molecule has 0 aliphatic carbocycles. The molecular weight excluding hydrogens is 166 g/mol. The molecule has 0 spiro atoms. The quantitative estimate of drug-likeness (QED) is 0.621. The first-order valence-electron chi connectivity index (χ1n) is 3.75. The number of aryl methyl sites for hydroxylation is 1.